The number of urea groups is 1. The lowest BCUT2D eigenvalue weighted by atomic mass is 10.2. The summed E-state index contributed by atoms with van der Waals surface area (Å²) in [4.78, 5) is 26.2. The third-order valence-corrected chi connectivity index (χ3v) is 4.66. The molecule has 27 heavy (non-hydrogen) atoms. The second-order valence-electron chi connectivity index (χ2n) is 6.19. The zero-order valence-corrected chi connectivity index (χ0v) is 15.3. The molecule has 3 aromatic rings. The first-order chi connectivity index (χ1) is 13.0. The summed E-state index contributed by atoms with van der Waals surface area (Å²) in [6, 6.07) is 17.8. The van der Waals surface area contributed by atoms with Gasteiger partial charge in [-0.3, -0.25) is 4.79 Å². The number of amides is 3. The van der Waals surface area contributed by atoms with Crippen LogP contribution in [0, 0.1) is 6.92 Å². The van der Waals surface area contributed by atoms with Crippen molar-refractivity contribution in [1.29, 1.82) is 0 Å². The lowest BCUT2D eigenvalue weighted by Gasteiger charge is -2.11. The van der Waals surface area contributed by atoms with Crippen LogP contribution in [-0.2, 0) is 4.79 Å². The lowest BCUT2D eigenvalue weighted by Crippen LogP contribution is -2.30. The maximum atomic E-state index is 12.8. The van der Waals surface area contributed by atoms with Crippen LogP contribution in [0.4, 0.5) is 10.5 Å². The van der Waals surface area contributed by atoms with E-state index in [2.05, 4.69) is 5.32 Å². The predicted molar refractivity (Wildman–Crippen MR) is 106 cm³/mol. The maximum Gasteiger partial charge on any atom is 0.333 e. The van der Waals surface area contributed by atoms with Crippen molar-refractivity contribution in [2.24, 2.45) is 0 Å². The van der Waals surface area contributed by atoms with Crippen molar-refractivity contribution in [3.05, 3.63) is 88.8 Å². The molecule has 6 heteroatoms. The first kappa shape index (κ1) is 17.1. The monoisotopic (exact) mass is 377 g/mol. The molecule has 2 aromatic carbocycles. The summed E-state index contributed by atoms with van der Waals surface area (Å²) >= 11 is 5.88. The fourth-order valence-corrected chi connectivity index (χ4v) is 3.20. The zero-order valence-electron chi connectivity index (χ0n) is 14.5. The van der Waals surface area contributed by atoms with Crippen LogP contribution in [0.3, 0.4) is 0 Å². The Kier molecular flexibility index (Phi) is 4.30. The molecule has 5 nitrogen and oxygen atoms in total. The van der Waals surface area contributed by atoms with Crippen molar-refractivity contribution >= 4 is 35.3 Å². The molecule has 1 aliphatic heterocycles. The van der Waals surface area contributed by atoms with E-state index in [1.807, 2.05) is 54.1 Å². The van der Waals surface area contributed by atoms with Gasteiger partial charge in [-0.05, 0) is 61.0 Å². The number of halogens is 1. The molecule has 0 atom stereocenters. The van der Waals surface area contributed by atoms with Gasteiger partial charge in [-0.25, -0.2) is 9.69 Å². The number of carbonyl (C=O) groups excluding carboxylic acids is 2. The van der Waals surface area contributed by atoms with Crippen LogP contribution in [-0.4, -0.2) is 16.5 Å². The van der Waals surface area contributed by atoms with Gasteiger partial charge < -0.3 is 9.88 Å². The fourth-order valence-electron chi connectivity index (χ4n) is 3.07. The van der Waals surface area contributed by atoms with E-state index in [0.29, 0.717) is 10.7 Å². The van der Waals surface area contributed by atoms with E-state index in [-0.39, 0.29) is 5.70 Å². The number of hydrogen-bond acceptors (Lipinski definition) is 2. The Hall–Kier alpha value is -3.31. The number of rotatable bonds is 3. The minimum atomic E-state index is -0.484. The van der Waals surface area contributed by atoms with Gasteiger partial charge in [0.15, 0.2) is 0 Å². The Labute approximate surface area is 161 Å². The number of benzene rings is 2. The Balaban J connectivity index is 1.70. The molecule has 2 heterocycles. The predicted octanol–water partition coefficient (Wildman–Crippen LogP) is 4.54. The highest BCUT2D eigenvalue weighted by atomic mass is 35.5. The minimum Gasteiger partial charge on any atom is -0.317 e. The van der Waals surface area contributed by atoms with E-state index in [1.165, 1.54) is 0 Å². The number of anilines is 1. The van der Waals surface area contributed by atoms with Crippen molar-refractivity contribution < 1.29 is 9.59 Å². The van der Waals surface area contributed by atoms with Gasteiger partial charge in [-0.1, -0.05) is 29.8 Å². The quantitative estimate of drug-likeness (QED) is 0.538. The highest BCUT2D eigenvalue weighted by Crippen LogP contribution is 2.25. The Bertz CT molecular complexity index is 1070. The largest absolute Gasteiger partial charge is 0.333 e. The van der Waals surface area contributed by atoms with E-state index in [0.717, 1.165) is 21.8 Å². The van der Waals surface area contributed by atoms with E-state index in [4.69, 9.17) is 11.6 Å². The summed E-state index contributed by atoms with van der Waals surface area (Å²) in [6.07, 6.45) is 3.61. The van der Waals surface area contributed by atoms with Crippen molar-refractivity contribution in [2.45, 2.75) is 6.92 Å². The van der Waals surface area contributed by atoms with Gasteiger partial charge >= 0.3 is 6.03 Å². The molecule has 1 aliphatic rings. The molecule has 0 aliphatic carbocycles. The van der Waals surface area contributed by atoms with Crippen LogP contribution in [0.2, 0.25) is 5.02 Å². The molecule has 3 amide bonds. The number of nitrogens with one attached hydrogen (secondary N) is 1. The van der Waals surface area contributed by atoms with Crippen LogP contribution in [0.5, 0.6) is 0 Å². The molecule has 0 spiro atoms. The van der Waals surface area contributed by atoms with E-state index in [9.17, 15) is 9.59 Å². The summed E-state index contributed by atoms with van der Waals surface area (Å²) in [5, 5.41) is 3.19. The number of aryl methyl sites for hydroxylation is 1. The fraction of sp³-hybridized carbons (Fsp3) is 0.0476. The first-order valence-electron chi connectivity index (χ1n) is 8.40. The highest BCUT2D eigenvalue weighted by molar-refractivity contribution is 6.31. The molecule has 1 aromatic heterocycles. The zero-order chi connectivity index (χ0) is 19.0. The molecule has 1 saturated heterocycles. The number of para-hydroxylation sites is 1. The topological polar surface area (TPSA) is 54.3 Å². The van der Waals surface area contributed by atoms with E-state index >= 15 is 0 Å². The summed E-state index contributed by atoms with van der Waals surface area (Å²) in [6.45, 7) is 2.02. The average Bonchev–Trinajstić information content (AvgIpc) is 3.21. The van der Waals surface area contributed by atoms with Gasteiger partial charge in [0.05, 0.1) is 5.69 Å². The van der Waals surface area contributed by atoms with Crippen LogP contribution < -0.4 is 10.2 Å². The van der Waals surface area contributed by atoms with Crippen LogP contribution in [0.15, 0.2) is 72.6 Å². The Morgan fingerprint density at radius 2 is 1.70 bits per heavy atom. The molecular formula is C21H16ClN3O2. The molecular weight excluding hydrogens is 362 g/mol. The van der Waals surface area contributed by atoms with Crippen molar-refractivity contribution in [3.8, 4) is 5.69 Å². The van der Waals surface area contributed by atoms with Crippen molar-refractivity contribution in [3.63, 3.8) is 0 Å². The molecule has 0 radical (unpaired) electrons. The second-order valence-corrected chi connectivity index (χ2v) is 6.63. The van der Waals surface area contributed by atoms with Gasteiger partial charge in [0.2, 0.25) is 0 Å². The van der Waals surface area contributed by atoms with Crippen molar-refractivity contribution in [2.75, 3.05) is 4.90 Å². The van der Waals surface area contributed by atoms with Crippen LogP contribution >= 0.6 is 11.6 Å². The first-order valence-corrected chi connectivity index (χ1v) is 8.78. The minimum absolute atomic E-state index is 0.225. The third-order valence-electron chi connectivity index (χ3n) is 4.41. The van der Waals surface area contributed by atoms with Gasteiger partial charge in [0.25, 0.3) is 5.91 Å². The number of aromatic nitrogens is 1. The van der Waals surface area contributed by atoms with E-state index in [1.54, 1.807) is 30.3 Å². The molecule has 1 fully saturated rings. The van der Waals surface area contributed by atoms with Gasteiger partial charge in [-0.15, -0.1) is 0 Å². The Morgan fingerprint density at radius 1 is 0.963 bits per heavy atom. The summed E-state index contributed by atoms with van der Waals surface area (Å²) < 4.78 is 1.98. The van der Waals surface area contributed by atoms with Gasteiger partial charge in [0.1, 0.15) is 5.70 Å². The van der Waals surface area contributed by atoms with Gasteiger partial charge in [-0.2, -0.15) is 0 Å². The molecule has 4 rings (SSSR count). The summed E-state index contributed by atoms with van der Waals surface area (Å²) in [5.41, 5.74) is 3.62. The average molecular weight is 378 g/mol. The summed E-state index contributed by atoms with van der Waals surface area (Å²) in [5.74, 6) is -0.403. The summed E-state index contributed by atoms with van der Waals surface area (Å²) in [7, 11) is 0. The molecule has 0 saturated carbocycles. The Morgan fingerprint density at radius 3 is 2.44 bits per heavy atom. The van der Waals surface area contributed by atoms with Crippen molar-refractivity contribution in [1.82, 2.24) is 9.88 Å². The highest BCUT2D eigenvalue weighted by Gasteiger charge is 2.35. The number of nitrogens with zero attached hydrogens (tertiary/aromatic N) is 2. The van der Waals surface area contributed by atoms with Gasteiger partial charge in [0, 0.05) is 22.6 Å². The number of imide groups is 1. The number of carbonyl (C=O) groups is 2. The third kappa shape index (κ3) is 3.13. The standard InChI is InChI=1S/C21H16ClN3O2/c1-14-5-2-3-7-19(14)24-12-4-6-17(24)13-18-20(26)25(21(27)23-18)16-10-8-15(22)9-11-16/h2-13H,1H3,(H,23,27)/b18-13+. The molecule has 0 unspecified atom stereocenters. The normalized spacial score (nSPS) is 15.5. The smallest absolute Gasteiger partial charge is 0.317 e. The van der Waals surface area contributed by atoms with E-state index < -0.39 is 11.9 Å². The SMILES string of the molecule is Cc1ccccc1-n1cccc1/C=C1/NC(=O)N(c2ccc(Cl)cc2)C1=O. The molecule has 0 bridgehead atoms. The molecule has 1 N–H and O–H groups in total. The maximum absolute atomic E-state index is 12.8. The number of hydrogen-bond donors (Lipinski definition) is 1. The molecule has 134 valence electrons. The second kappa shape index (κ2) is 6.78. The lowest BCUT2D eigenvalue weighted by molar-refractivity contribution is -0.113. The van der Waals surface area contributed by atoms with Crippen LogP contribution in [0.1, 0.15) is 11.3 Å². The van der Waals surface area contributed by atoms with Crippen LogP contribution in [0.25, 0.3) is 11.8 Å².